The number of hydrogen-bond donors (Lipinski definition) is 2. The van der Waals surface area contributed by atoms with E-state index < -0.39 is 38.7 Å². The number of likely N-dealkylation sites (tertiary alicyclic amines) is 1. The van der Waals surface area contributed by atoms with Crippen LogP contribution in [0.15, 0.2) is 6.20 Å². The second-order valence-electron chi connectivity index (χ2n) is 10.8. The van der Waals surface area contributed by atoms with Crippen molar-refractivity contribution in [3.05, 3.63) is 11.9 Å². The van der Waals surface area contributed by atoms with Crippen molar-refractivity contribution in [2.75, 3.05) is 18.8 Å². The zero-order valence-corrected chi connectivity index (χ0v) is 20.4. The normalized spacial score (nSPS) is 28.1. The molecular formula is C22H35N5O5S. The zero-order valence-electron chi connectivity index (χ0n) is 19.6. The topological polar surface area (TPSA) is 134 Å². The molecular weight excluding hydrogens is 446 g/mol. The summed E-state index contributed by atoms with van der Waals surface area (Å²) in [5.41, 5.74) is 0.395. The standard InChI is InChI=1S/C22H35N5O5S/c1-22(2,3)19(27-13-17(24-25-27)14-6-7-14)21(30)26-12-15(28)11-18(26)20(29)23-9-8-16-5-4-10-33(16,31)32/h13-16,18-19,28H,4-12H2,1-3H3,(H,23,29)/t15-,16?,18+,19-/m1/s1. The minimum Gasteiger partial charge on any atom is -0.391 e. The Kier molecular flexibility index (Phi) is 6.56. The lowest BCUT2D eigenvalue weighted by molar-refractivity contribution is -0.144. The van der Waals surface area contributed by atoms with E-state index in [-0.39, 0.29) is 37.1 Å². The Bertz CT molecular complexity index is 997. The molecule has 2 saturated heterocycles. The second-order valence-corrected chi connectivity index (χ2v) is 13.2. The highest BCUT2D eigenvalue weighted by molar-refractivity contribution is 7.92. The van der Waals surface area contributed by atoms with Gasteiger partial charge >= 0.3 is 0 Å². The van der Waals surface area contributed by atoms with Gasteiger partial charge in [-0.1, -0.05) is 26.0 Å². The summed E-state index contributed by atoms with van der Waals surface area (Å²) in [4.78, 5) is 28.1. The van der Waals surface area contributed by atoms with E-state index in [1.54, 1.807) is 4.68 Å². The number of carbonyl (C=O) groups is 2. The lowest BCUT2D eigenvalue weighted by atomic mass is 9.85. The highest BCUT2D eigenvalue weighted by atomic mass is 32.2. The molecule has 1 aromatic heterocycles. The number of sulfone groups is 1. The number of hydrogen-bond acceptors (Lipinski definition) is 7. The molecule has 2 N–H and O–H groups in total. The molecule has 4 rings (SSSR count). The van der Waals surface area contributed by atoms with E-state index in [2.05, 4.69) is 15.6 Å². The minimum atomic E-state index is -3.07. The van der Waals surface area contributed by atoms with Crippen molar-refractivity contribution in [3.63, 3.8) is 0 Å². The van der Waals surface area contributed by atoms with Crippen LogP contribution in [-0.2, 0) is 19.4 Å². The number of nitrogens with zero attached hydrogens (tertiary/aromatic N) is 4. The summed E-state index contributed by atoms with van der Waals surface area (Å²) in [6.45, 7) is 6.13. The van der Waals surface area contributed by atoms with E-state index in [0.29, 0.717) is 25.2 Å². The van der Waals surface area contributed by atoms with Crippen molar-refractivity contribution >= 4 is 21.7 Å². The van der Waals surface area contributed by atoms with Gasteiger partial charge in [0.2, 0.25) is 11.8 Å². The Hall–Kier alpha value is -2.01. The van der Waals surface area contributed by atoms with Crippen LogP contribution in [0.5, 0.6) is 0 Å². The number of carbonyl (C=O) groups excluding carboxylic acids is 2. The Morgan fingerprint density at radius 3 is 2.61 bits per heavy atom. The highest BCUT2D eigenvalue weighted by Gasteiger charge is 2.45. The molecule has 2 aliphatic heterocycles. The maximum absolute atomic E-state index is 13.7. The van der Waals surface area contributed by atoms with Crippen LogP contribution in [0.2, 0.25) is 0 Å². The van der Waals surface area contributed by atoms with Crippen LogP contribution in [0.3, 0.4) is 0 Å². The summed E-state index contributed by atoms with van der Waals surface area (Å²) in [6, 6.07) is -1.47. The molecule has 1 aliphatic carbocycles. The number of aliphatic hydroxyl groups is 1. The molecule has 0 bridgehead atoms. The van der Waals surface area contributed by atoms with Crippen molar-refractivity contribution in [2.24, 2.45) is 5.41 Å². The molecule has 2 amide bonds. The largest absolute Gasteiger partial charge is 0.391 e. The Morgan fingerprint density at radius 1 is 1.27 bits per heavy atom. The molecule has 11 heteroatoms. The molecule has 1 unspecified atom stereocenters. The van der Waals surface area contributed by atoms with Crippen LogP contribution >= 0.6 is 0 Å². The van der Waals surface area contributed by atoms with Crippen molar-refractivity contribution in [1.29, 1.82) is 0 Å². The summed E-state index contributed by atoms with van der Waals surface area (Å²) in [7, 11) is -3.07. The first kappa shape index (κ1) is 24.1. The zero-order chi connectivity index (χ0) is 24.0. The molecule has 3 heterocycles. The Morgan fingerprint density at radius 2 is 2.00 bits per heavy atom. The number of β-amino-alcohol motifs (C(OH)–C–C–N with tert-alkyl or cyclic N) is 1. The summed E-state index contributed by atoms with van der Waals surface area (Å²) in [6.07, 6.45) is 5.00. The van der Waals surface area contributed by atoms with E-state index >= 15 is 0 Å². The van der Waals surface area contributed by atoms with E-state index in [1.165, 1.54) is 4.90 Å². The summed E-state index contributed by atoms with van der Waals surface area (Å²) < 4.78 is 25.6. The van der Waals surface area contributed by atoms with Crippen molar-refractivity contribution in [1.82, 2.24) is 25.2 Å². The van der Waals surface area contributed by atoms with Gasteiger partial charge in [0.15, 0.2) is 9.84 Å². The van der Waals surface area contributed by atoms with Gasteiger partial charge in [0.25, 0.3) is 0 Å². The number of amides is 2. The molecule has 0 aromatic carbocycles. The predicted octanol–water partition coefficient (Wildman–Crippen LogP) is 0.788. The monoisotopic (exact) mass is 481 g/mol. The minimum absolute atomic E-state index is 0.0741. The van der Waals surface area contributed by atoms with Crippen molar-refractivity contribution in [2.45, 2.75) is 88.7 Å². The lowest BCUT2D eigenvalue weighted by Gasteiger charge is -2.34. The molecule has 184 valence electrons. The third-order valence-electron chi connectivity index (χ3n) is 6.94. The average Bonchev–Trinajstić information content (AvgIpc) is 3.17. The first-order valence-electron chi connectivity index (χ1n) is 11.9. The summed E-state index contributed by atoms with van der Waals surface area (Å²) in [5, 5.41) is 21.1. The van der Waals surface area contributed by atoms with Gasteiger partial charge < -0.3 is 15.3 Å². The summed E-state index contributed by atoms with van der Waals surface area (Å²) in [5.74, 6) is -0.0166. The van der Waals surface area contributed by atoms with E-state index in [9.17, 15) is 23.1 Å². The maximum Gasteiger partial charge on any atom is 0.248 e. The lowest BCUT2D eigenvalue weighted by Crippen LogP contribution is -2.50. The van der Waals surface area contributed by atoms with Crippen LogP contribution in [0.4, 0.5) is 0 Å². The average molecular weight is 482 g/mol. The second kappa shape index (κ2) is 8.98. The van der Waals surface area contributed by atoms with Gasteiger partial charge in [0.05, 0.1) is 22.8 Å². The number of rotatable bonds is 7. The highest BCUT2D eigenvalue weighted by Crippen LogP contribution is 2.40. The SMILES string of the molecule is CC(C)(C)[C@@H](C(=O)N1C[C@H](O)C[C@H]1C(=O)NCCC1CCCS1(=O)=O)n1cc(C2CC2)nn1. The summed E-state index contributed by atoms with van der Waals surface area (Å²) >= 11 is 0. The first-order chi connectivity index (χ1) is 15.5. The van der Waals surface area contributed by atoms with Crippen LogP contribution in [0.1, 0.15) is 76.9 Å². The number of aliphatic hydroxyl groups excluding tert-OH is 1. The fourth-order valence-electron chi connectivity index (χ4n) is 4.98. The molecule has 4 atom stereocenters. The Labute approximate surface area is 195 Å². The molecule has 3 aliphatic rings. The van der Waals surface area contributed by atoms with Gasteiger partial charge in [-0.05, 0) is 37.5 Å². The van der Waals surface area contributed by atoms with Gasteiger partial charge in [-0.3, -0.25) is 9.59 Å². The molecule has 10 nitrogen and oxygen atoms in total. The quantitative estimate of drug-likeness (QED) is 0.588. The fraction of sp³-hybridized carbons (Fsp3) is 0.818. The first-order valence-corrected chi connectivity index (χ1v) is 13.6. The smallest absolute Gasteiger partial charge is 0.248 e. The van der Waals surface area contributed by atoms with E-state index in [0.717, 1.165) is 18.5 Å². The molecule has 0 radical (unpaired) electrons. The van der Waals surface area contributed by atoms with Gasteiger partial charge in [-0.25, -0.2) is 13.1 Å². The molecule has 1 saturated carbocycles. The molecule has 33 heavy (non-hydrogen) atoms. The maximum atomic E-state index is 13.7. The fourth-order valence-corrected chi connectivity index (χ4v) is 6.89. The predicted molar refractivity (Wildman–Crippen MR) is 121 cm³/mol. The van der Waals surface area contributed by atoms with Gasteiger partial charge in [0, 0.05) is 31.6 Å². The van der Waals surface area contributed by atoms with Crippen molar-refractivity contribution < 1.29 is 23.1 Å². The van der Waals surface area contributed by atoms with E-state index in [1.807, 2.05) is 27.0 Å². The third-order valence-corrected chi connectivity index (χ3v) is 9.28. The third kappa shape index (κ3) is 5.24. The van der Waals surface area contributed by atoms with Crippen LogP contribution in [0.25, 0.3) is 0 Å². The number of aromatic nitrogens is 3. The van der Waals surface area contributed by atoms with Crippen LogP contribution in [-0.4, -0.2) is 81.5 Å². The molecule has 0 spiro atoms. The number of nitrogens with one attached hydrogen (secondary N) is 1. The molecule has 3 fully saturated rings. The Balaban J connectivity index is 1.45. The van der Waals surface area contributed by atoms with Crippen LogP contribution in [0, 0.1) is 5.41 Å². The van der Waals surface area contributed by atoms with E-state index in [4.69, 9.17) is 0 Å². The van der Waals surface area contributed by atoms with Crippen LogP contribution < -0.4 is 5.32 Å². The van der Waals surface area contributed by atoms with Gasteiger partial charge in [0.1, 0.15) is 12.1 Å². The van der Waals surface area contributed by atoms with Gasteiger partial charge in [-0.2, -0.15) is 0 Å². The molecule has 1 aromatic rings. The van der Waals surface area contributed by atoms with Crippen molar-refractivity contribution in [3.8, 4) is 0 Å². The van der Waals surface area contributed by atoms with Gasteiger partial charge in [-0.15, -0.1) is 5.10 Å².